The van der Waals surface area contributed by atoms with Crippen LogP contribution in [0.3, 0.4) is 0 Å². The molecule has 0 aliphatic carbocycles. The molecule has 2 N–H and O–H groups in total. The van der Waals surface area contributed by atoms with Crippen LogP contribution in [0.4, 0.5) is 0 Å². The van der Waals surface area contributed by atoms with Gasteiger partial charge in [0.2, 0.25) is 5.91 Å². The minimum absolute atomic E-state index is 0.0213. The number of hydrogen-bond acceptors (Lipinski definition) is 2. The topological polar surface area (TPSA) is 46.1 Å². The van der Waals surface area contributed by atoms with Gasteiger partial charge in [-0.3, -0.25) is 9.47 Å². The van der Waals surface area contributed by atoms with Crippen molar-refractivity contribution in [1.82, 2.24) is 9.99 Å². The van der Waals surface area contributed by atoms with Crippen LogP contribution >= 0.6 is 0 Å². The zero-order valence-electron chi connectivity index (χ0n) is 8.66. The van der Waals surface area contributed by atoms with E-state index in [9.17, 15) is 4.79 Å². The first-order valence-electron chi connectivity index (χ1n) is 4.88. The van der Waals surface area contributed by atoms with E-state index in [0.717, 1.165) is 6.42 Å². The first-order chi connectivity index (χ1) is 6.72. The van der Waals surface area contributed by atoms with Gasteiger partial charge in [0.25, 0.3) is 0 Å². The number of nitrogens with one attached hydrogen (secondary N) is 2. The third-order valence-electron chi connectivity index (χ3n) is 2.05. The zero-order chi connectivity index (χ0) is 10.4. The van der Waals surface area contributed by atoms with Gasteiger partial charge in [0, 0.05) is 18.4 Å². The lowest BCUT2D eigenvalue weighted by atomic mass is 10.2. The average Bonchev–Trinajstić information content (AvgIpc) is 2.67. The highest BCUT2D eigenvalue weighted by atomic mass is 16.2. The third-order valence-corrected chi connectivity index (χ3v) is 2.05. The Kier molecular flexibility index (Phi) is 4.04. The Labute approximate surface area is 84.3 Å². The first kappa shape index (κ1) is 10.6. The molecule has 1 unspecified atom stereocenters. The van der Waals surface area contributed by atoms with Gasteiger partial charge in [0.1, 0.15) is 6.54 Å². The lowest BCUT2D eigenvalue weighted by Gasteiger charge is -2.12. The smallest absolute Gasteiger partial charge is 0.241 e. The Morgan fingerprint density at radius 3 is 2.64 bits per heavy atom. The Hall–Kier alpha value is -1.45. The van der Waals surface area contributed by atoms with E-state index in [1.54, 1.807) is 4.68 Å². The molecule has 1 amide bonds. The number of carbonyl (C=O) groups excluding carboxylic acids is 1. The molecule has 0 radical (unpaired) electrons. The van der Waals surface area contributed by atoms with Crippen LogP contribution in [0.2, 0.25) is 0 Å². The second-order valence-corrected chi connectivity index (χ2v) is 3.30. The van der Waals surface area contributed by atoms with E-state index in [1.165, 1.54) is 0 Å². The molecule has 0 saturated carbocycles. The van der Waals surface area contributed by atoms with E-state index in [4.69, 9.17) is 0 Å². The van der Waals surface area contributed by atoms with Crippen LogP contribution in [0, 0.1) is 0 Å². The van der Waals surface area contributed by atoms with E-state index >= 15 is 0 Å². The van der Waals surface area contributed by atoms with E-state index in [-0.39, 0.29) is 11.9 Å². The van der Waals surface area contributed by atoms with Gasteiger partial charge < -0.3 is 10.7 Å². The first-order valence-corrected chi connectivity index (χ1v) is 4.88. The maximum Gasteiger partial charge on any atom is 0.241 e. The molecule has 1 aromatic rings. The predicted molar refractivity (Wildman–Crippen MR) is 56.6 cm³/mol. The largest absolute Gasteiger partial charge is 0.352 e. The molecule has 1 atom stereocenters. The molecule has 0 fully saturated rings. The van der Waals surface area contributed by atoms with Crippen LogP contribution in [-0.2, 0) is 4.79 Å². The maximum absolute atomic E-state index is 11.3. The lowest BCUT2D eigenvalue weighted by Crippen LogP contribution is -2.37. The number of hydrogen-bond donors (Lipinski definition) is 2. The SMILES string of the molecule is CCC(C)NC(=O)CNn1cccc1. The summed E-state index contributed by atoms with van der Waals surface area (Å²) < 4.78 is 1.76. The summed E-state index contributed by atoms with van der Waals surface area (Å²) in [5, 5.41) is 2.88. The maximum atomic E-state index is 11.3. The molecular weight excluding hydrogens is 178 g/mol. The van der Waals surface area contributed by atoms with Crippen molar-refractivity contribution in [3.63, 3.8) is 0 Å². The van der Waals surface area contributed by atoms with Crippen LogP contribution in [0.25, 0.3) is 0 Å². The molecule has 0 aliphatic heterocycles. The van der Waals surface area contributed by atoms with Crippen molar-refractivity contribution in [1.29, 1.82) is 0 Å². The van der Waals surface area contributed by atoms with Crippen LogP contribution in [0.15, 0.2) is 24.5 Å². The minimum atomic E-state index is 0.0213. The van der Waals surface area contributed by atoms with E-state index in [0.29, 0.717) is 6.54 Å². The molecule has 1 heterocycles. The highest BCUT2D eigenvalue weighted by Gasteiger charge is 2.03. The van der Waals surface area contributed by atoms with Crippen molar-refractivity contribution >= 4 is 5.91 Å². The number of nitrogens with zero attached hydrogens (tertiary/aromatic N) is 1. The molecule has 0 aromatic carbocycles. The van der Waals surface area contributed by atoms with Crippen molar-refractivity contribution in [2.75, 3.05) is 12.0 Å². The van der Waals surface area contributed by atoms with Crippen LogP contribution in [-0.4, -0.2) is 23.2 Å². The van der Waals surface area contributed by atoms with Crippen LogP contribution in [0.1, 0.15) is 20.3 Å². The summed E-state index contributed by atoms with van der Waals surface area (Å²) in [5.74, 6) is 0.0213. The van der Waals surface area contributed by atoms with Crippen molar-refractivity contribution in [3.8, 4) is 0 Å². The summed E-state index contributed by atoms with van der Waals surface area (Å²) in [5.41, 5.74) is 2.96. The standard InChI is InChI=1S/C10H17N3O/c1-3-9(2)12-10(14)8-11-13-6-4-5-7-13/h4-7,9,11H,3,8H2,1-2H3,(H,12,14). The van der Waals surface area contributed by atoms with Gasteiger partial charge in [-0.2, -0.15) is 0 Å². The number of amides is 1. The van der Waals surface area contributed by atoms with E-state index in [1.807, 2.05) is 38.4 Å². The predicted octanol–water partition coefficient (Wildman–Crippen LogP) is 0.946. The fourth-order valence-electron chi connectivity index (χ4n) is 1.03. The van der Waals surface area contributed by atoms with Gasteiger partial charge >= 0.3 is 0 Å². The minimum Gasteiger partial charge on any atom is -0.352 e. The summed E-state index contributed by atoms with van der Waals surface area (Å²) in [6.07, 6.45) is 4.67. The Morgan fingerprint density at radius 2 is 2.07 bits per heavy atom. The molecule has 4 nitrogen and oxygen atoms in total. The molecule has 1 aromatic heterocycles. The van der Waals surface area contributed by atoms with Crippen molar-refractivity contribution < 1.29 is 4.79 Å². The fraction of sp³-hybridized carbons (Fsp3) is 0.500. The van der Waals surface area contributed by atoms with Crippen molar-refractivity contribution in [2.45, 2.75) is 26.3 Å². The molecule has 0 saturated heterocycles. The summed E-state index contributed by atoms with van der Waals surface area (Å²) >= 11 is 0. The Morgan fingerprint density at radius 1 is 1.43 bits per heavy atom. The molecule has 0 bridgehead atoms. The molecular formula is C10H17N3O. The third kappa shape index (κ3) is 3.51. The second-order valence-electron chi connectivity index (χ2n) is 3.30. The zero-order valence-corrected chi connectivity index (χ0v) is 8.66. The van der Waals surface area contributed by atoms with E-state index < -0.39 is 0 Å². The Balaban J connectivity index is 2.22. The highest BCUT2D eigenvalue weighted by Crippen LogP contribution is 1.88. The average molecular weight is 195 g/mol. The molecule has 0 spiro atoms. The van der Waals surface area contributed by atoms with Gasteiger partial charge in [0.15, 0.2) is 0 Å². The quantitative estimate of drug-likeness (QED) is 0.734. The summed E-state index contributed by atoms with van der Waals surface area (Å²) in [7, 11) is 0. The van der Waals surface area contributed by atoms with Crippen molar-refractivity contribution in [2.24, 2.45) is 0 Å². The van der Waals surface area contributed by atoms with Gasteiger partial charge in [-0.05, 0) is 25.5 Å². The van der Waals surface area contributed by atoms with Crippen LogP contribution in [0.5, 0.6) is 0 Å². The molecule has 0 aliphatic rings. The molecule has 78 valence electrons. The van der Waals surface area contributed by atoms with Crippen molar-refractivity contribution in [3.05, 3.63) is 24.5 Å². The number of carbonyl (C=O) groups is 1. The summed E-state index contributed by atoms with van der Waals surface area (Å²) in [6.45, 7) is 4.34. The number of rotatable bonds is 5. The molecule has 4 heteroatoms. The summed E-state index contributed by atoms with van der Waals surface area (Å²) in [4.78, 5) is 11.3. The molecule has 14 heavy (non-hydrogen) atoms. The number of aromatic nitrogens is 1. The van der Waals surface area contributed by atoms with Gasteiger partial charge in [0.05, 0.1) is 0 Å². The van der Waals surface area contributed by atoms with E-state index in [2.05, 4.69) is 10.7 Å². The lowest BCUT2D eigenvalue weighted by molar-refractivity contribution is -0.120. The highest BCUT2D eigenvalue weighted by molar-refractivity contribution is 5.79. The van der Waals surface area contributed by atoms with Gasteiger partial charge in [-0.15, -0.1) is 0 Å². The fourth-order valence-corrected chi connectivity index (χ4v) is 1.03. The molecule has 1 rings (SSSR count). The monoisotopic (exact) mass is 195 g/mol. The Bertz CT molecular complexity index is 269. The van der Waals surface area contributed by atoms with Gasteiger partial charge in [-0.25, -0.2) is 0 Å². The summed E-state index contributed by atoms with van der Waals surface area (Å²) in [6, 6.07) is 4.05. The normalized spacial score (nSPS) is 12.1. The van der Waals surface area contributed by atoms with Gasteiger partial charge in [-0.1, -0.05) is 6.92 Å². The second kappa shape index (κ2) is 5.32. The van der Waals surface area contributed by atoms with Crippen LogP contribution < -0.4 is 10.7 Å².